The largest absolute Gasteiger partial charge is 0.393 e. The van der Waals surface area contributed by atoms with Gasteiger partial charge in [-0.25, -0.2) is 0 Å². The Hall–Kier alpha value is -0.610. The first-order valence-electron chi connectivity index (χ1n) is 6.01. The molecule has 0 bridgehead atoms. The molecular formula is C12H23NO3. The van der Waals surface area contributed by atoms with Gasteiger partial charge in [-0.1, -0.05) is 0 Å². The van der Waals surface area contributed by atoms with Crippen molar-refractivity contribution >= 4 is 5.91 Å². The minimum atomic E-state index is -0.398. The molecule has 0 radical (unpaired) electrons. The number of aliphatic hydroxyl groups excluding tert-OH is 1. The van der Waals surface area contributed by atoms with Crippen LogP contribution < -0.4 is 5.32 Å². The molecule has 1 saturated heterocycles. The van der Waals surface area contributed by atoms with E-state index in [4.69, 9.17) is 4.74 Å². The van der Waals surface area contributed by atoms with Crippen molar-refractivity contribution in [2.75, 3.05) is 13.2 Å². The van der Waals surface area contributed by atoms with Crippen LogP contribution in [0.2, 0.25) is 0 Å². The standard InChI is InChI=1S/C12H23NO3/c1-9(7-10(2)14)13-11(15)12(3)5-4-6-16-8-12/h9-10,14H,4-8H2,1-3H3,(H,13,15). The maximum atomic E-state index is 12.0. The molecule has 1 heterocycles. The fourth-order valence-electron chi connectivity index (χ4n) is 2.08. The zero-order valence-corrected chi connectivity index (χ0v) is 10.5. The van der Waals surface area contributed by atoms with Gasteiger partial charge in [-0.3, -0.25) is 4.79 Å². The Kier molecular flexibility index (Phi) is 4.74. The summed E-state index contributed by atoms with van der Waals surface area (Å²) in [6, 6.07) is 0.00579. The molecule has 94 valence electrons. The topological polar surface area (TPSA) is 58.6 Å². The maximum Gasteiger partial charge on any atom is 0.228 e. The van der Waals surface area contributed by atoms with Gasteiger partial charge in [-0.15, -0.1) is 0 Å². The van der Waals surface area contributed by atoms with Crippen LogP contribution in [0.3, 0.4) is 0 Å². The Morgan fingerprint density at radius 1 is 1.56 bits per heavy atom. The quantitative estimate of drug-likeness (QED) is 0.758. The number of hydrogen-bond acceptors (Lipinski definition) is 3. The van der Waals surface area contributed by atoms with Gasteiger partial charge in [-0.05, 0) is 40.0 Å². The van der Waals surface area contributed by atoms with Crippen molar-refractivity contribution in [3.8, 4) is 0 Å². The molecule has 16 heavy (non-hydrogen) atoms. The zero-order chi connectivity index (χ0) is 12.2. The Balaban J connectivity index is 2.44. The van der Waals surface area contributed by atoms with Crippen LogP contribution >= 0.6 is 0 Å². The Morgan fingerprint density at radius 2 is 2.25 bits per heavy atom. The van der Waals surface area contributed by atoms with E-state index in [1.807, 2.05) is 13.8 Å². The lowest BCUT2D eigenvalue weighted by Gasteiger charge is -2.33. The van der Waals surface area contributed by atoms with E-state index in [-0.39, 0.29) is 18.1 Å². The number of carbonyl (C=O) groups is 1. The highest BCUT2D eigenvalue weighted by Gasteiger charge is 2.35. The van der Waals surface area contributed by atoms with Crippen molar-refractivity contribution in [3.05, 3.63) is 0 Å². The predicted octanol–water partition coefficient (Wildman–Crippen LogP) is 1.08. The van der Waals surface area contributed by atoms with Crippen LogP contribution in [-0.4, -0.2) is 36.4 Å². The van der Waals surface area contributed by atoms with Gasteiger partial charge in [-0.2, -0.15) is 0 Å². The number of hydrogen-bond donors (Lipinski definition) is 2. The second-order valence-corrected chi connectivity index (χ2v) is 5.18. The summed E-state index contributed by atoms with van der Waals surface area (Å²) >= 11 is 0. The summed E-state index contributed by atoms with van der Waals surface area (Å²) in [7, 11) is 0. The summed E-state index contributed by atoms with van der Waals surface area (Å²) in [5, 5.41) is 12.2. The highest BCUT2D eigenvalue weighted by atomic mass is 16.5. The van der Waals surface area contributed by atoms with Crippen LogP contribution in [0.5, 0.6) is 0 Å². The fourth-order valence-corrected chi connectivity index (χ4v) is 2.08. The summed E-state index contributed by atoms with van der Waals surface area (Å²) in [5.74, 6) is 0.0420. The minimum absolute atomic E-state index is 0.00579. The molecule has 0 saturated carbocycles. The monoisotopic (exact) mass is 229 g/mol. The lowest BCUT2D eigenvalue weighted by molar-refractivity contribution is -0.138. The van der Waals surface area contributed by atoms with Crippen molar-refractivity contribution in [2.45, 2.75) is 52.2 Å². The van der Waals surface area contributed by atoms with Gasteiger partial charge in [0.2, 0.25) is 5.91 Å². The number of aliphatic hydroxyl groups is 1. The minimum Gasteiger partial charge on any atom is -0.393 e. The summed E-state index contributed by atoms with van der Waals surface area (Å²) < 4.78 is 5.36. The first kappa shape index (κ1) is 13.5. The molecule has 0 aliphatic carbocycles. The van der Waals surface area contributed by atoms with Crippen LogP contribution in [0.15, 0.2) is 0 Å². The Labute approximate surface area is 97.4 Å². The van der Waals surface area contributed by atoms with Gasteiger partial charge in [0.05, 0.1) is 18.1 Å². The Bertz CT molecular complexity index is 234. The normalized spacial score (nSPS) is 29.5. The number of amides is 1. The lowest BCUT2D eigenvalue weighted by Crippen LogP contribution is -2.47. The third-order valence-corrected chi connectivity index (χ3v) is 3.06. The first-order chi connectivity index (χ1) is 7.44. The molecule has 0 spiro atoms. The molecule has 4 heteroatoms. The molecule has 1 rings (SSSR count). The zero-order valence-electron chi connectivity index (χ0n) is 10.5. The summed E-state index contributed by atoms with van der Waals surface area (Å²) in [6.45, 7) is 6.84. The molecule has 4 nitrogen and oxygen atoms in total. The Morgan fingerprint density at radius 3 is 2.75 bits per heavy atom. The molecule has 1 aliphatic heterocycles. The van der Waals surface area contributed by atoms with Gasteiger partial charge in [0.15, 0.2) is 0 Å². The molecule has 0 aromatic heterocycles. The average molecular weight is 229 g/mol. The number of rotatable bonds is 4. The highest BCUT2D eigenvalue weighted by molar-refractivity contribution is 5.82. The predicted molar refractivity (Wildman–Crippen MR) is 62.1 cm³/mol. The van der Waals surface area contributed by atoms with Crippen molar-refractivity contribution in [1.29, 1.82) is 0 Å². The smallest absolute Gasteiger partial charge is 0.228 e. The van der Waals surface area contributed by atoms with E-state index in [2.05, 4.69) is 5.32 Å². The molecule has 3 unspecified atom stereocenters. The van der Waals surface area contributed by atoms with Gasteiger partial charge in [0.25, 0.3) is 0 Å². The molecular weight excluding hydrogens is 206 g/mol. The summed E-state index contributed by atoms with van der Waals surface area (Å²) in [4.78, 5) is 12.0. The molecule has 0 aromatic carbocycles. The molecule has 0 aromatic rings. The van der Waals surface area contributed by atoms with E-state index in [1.165, 1.54) is 0 Å². The third-order valence-electron chi connectivity index (χ3n) is 3.06. The van der Waals surface area contributed by atoms with Gasteiger partial charge < -0.3 is 15.2 Å². The van der Waals surface area contributed by atoms with Gasteiger partial charge in [0.1, 0.15) is 0 Å². The summed E-state index contributed by atoms with van der Waals surface area (Å²) in [6.07, 6.45) is 2.02. The number of ether oxygens (including phenoxy) is 1. The fraction of sp³-hybridized carbons (Fsp3) is 0.917. The van der Waals surface area contributed by atoms with Crippen LogP contribution in [0.25, 0.3) is 0 Å². The van der Waals surface area contributed by atoms with Crippen molar-refractivity contribution < 1.29 is 14.6 Å². The van der Waals surface area contributed by atoms with Crippen LogP contribution in [-0.2, 0) is 9.53 Å². The number of nitrogens with one attached hydrogen (secondary N) is 1. The van der Waals surface area contributed by atoms with Crippen molar-refractivity contribution in [2.24, 2.45) is 5.41 Å². The SMILES string of the molecule is CC(O)CC(C)NC(=O)C1(C)CCCOC1. The summed E-state index contributed by atoms with van der Waals surface area (Å²) in [5.41, 5.74) is -0.398. The molecule has 1 amide bonds. The second kappa shape index (κ2) is 5.64. The van der Waals surface area contributed by atoms with E-state index < -0.39 is 5.41 Å². The van der Waals surface area contributed by atoms with Gasteiger partial charge in [0, 0.05) is 12.6 Å². The van der Waals surface area contributed by atoms with Crippen LogP contribution in [0.4, 0.5) is 0 Å². The second-order valence-electron chi connectivity index (χ2n) is 5.18. The van der Waals surface area contributed by atoms with Crippen molar-refractivity contribution in [1.82, 2.24) is 5.32 Å². The maximum absolute atomic E-state index is 12.0. The average Bonchev–Trinajstić information content (AvgIpc) is 2.17. The lowest BCUT2D eigenvalue weighted by atomic mass is 9.83. The van der Waals surface area contributed by atoms with E-state index in [9.17, 15) is 9.90 Å². The number of carbonyl (C=O) groups excluding carboxylic acids is 1. The first-order valence-corrected chi connectivity index (χ1v) is 6.01. The van der Waals surface area contributed by atoms with Gasteiger partial charge >= 0.3 is 0 Å². The molecule has 1 aliphatic rings. The molecule has 1 fully saturated rings. The van der Waals surface area contributed by atoms with Crippen LogP contribution in [0, 0.1) is 5.41 Å². The van der Waals surface area contributed by atoms with E-state index in [1.54, 1.807) is 6.92 Å². The van der Waals surface area contributed by atoms with Crippen LogP contribution in [0.1, 0.15) is 40.0 Å². The van der Waals surface area contributed by atoms with E-state index >= 15 is 0 Å². The molecule has 3 atom stereocenters. The van der Waals surface area contributed by atoms with Crippen molar-refractivity contribution in [3.63, 3.8) is 0 Å². The molecule has 2 N–H and O–H groups in total. The van der Waals surface area contributed by atoms with E-state index in [0.717, 1.165) is 19.4 Å². The third kappa shape index (κ3) is 3.76. The van der Waals surface area contributed by atoms with E-state index in [0.29, 0.717) is 13.0 Å². The highest BCUT2D eigenvalue weighted by Crippen LogP contribution is 2.28.